The highest BCUT2D eigenvalue weighted by molar-refractivity contribution is 7.89. The van der Waals surface area contributed by atoms with Gasteiger partial charge in [0.2, 0.25) is 10.0 Å². The summed E-state index contributed by atoms with van der Waals surface area (Å²) in [5.41, 5.74) is 1.34. The predicted octanol–water partition coefficient (Wildman–Crippen LogP) is 1.72. The van der Waals surface area contributed by atoms with Crippen molar-refractivity contribution in [3.05, 3.63) is 40.9 Å². The van der Waals surface area contributed by atoms with Gasteiger partial charge in [0.1, 0.15) is 0 Å². The average Bonchev–Trinajstić information content (AvgIpc) is 2.98. The molecule has 9 heteroatoms. The fraction of sp³-hybridized carbons (Fsp3) is 0.368. The number of thiazole rings is 1. The summed E-state index contributed by atoms with van der Waals surface area (Å²) in [6.45, 7) is 4.57. The molecule has 1 saturated heterocycles. The summed E-state index contributed by atoms with van der Waals surface area (Å²) in [5, 5.41) is 2.99. The summed E-state index contributed by atoms with van der Waals surface area (Å²) in [7, 11) is -3.74. The van der Waals surface area contributed by atoms with E-state index < -0.39 is 10.0 Å². The number of rotatable bonds is 5. The fourth-order valence-electron chi connectivity index (χ4n) is 3.00. The minimum atomic E-state index is -3.74. The van der Waals surface area contributed by atoms with Gasteiger partial charge in [-0.3, -0.25) is 4.79 Å². The van der Waals surface area contributed by atoms with E-state index in [-0.39, 0.29) is 17.3 Å². The molecule has 1 aromatic heterocycles. The van der Waals surface area contributed by atoms with E-state index in [4.69, 9.17) is 6.42 Å². The van der Waals surface area contributed by atoms with Gasteiger partial charge in [-0.25, -0.2) is 13.4 Å². The highest BCUT2D eigenvalue weighted by Gasteiger charge is 2.23. The number of terminal acetylenes is 1. The third-order valence-electron chi connectivity index (χ3n) is 4.42. The summed E-state index contributed by atoms with van der Waals surface area (Å²) in [6, 6.07) is 6.05. The summed E-state index contributed by atoms with van der Waals surface area (Å²) in [5.74, 6) is 2.06. The average molecular weight is 419 g/mol. The minimum absolute atomic E-state index is 0.0308. The molecule has 0 aliphatic carbocycles. The summed E-state index contributed by atoms with van der Waals surface area (Å²) < 4.78 is 26.8. The Bertz CT molecular complexity index is 995. The van der Waals surface area contributed by atoms with Crippen molar-refractivity contribution in [1.29, 1.82) is 0 Å². The van der Waals surface area contributed by atoms with Crippen molar-refractivity contribution in [2.24, 2.45) is 0 Å². The van der Waals surface area contributed by atoms with E-state index in [9.17, 15) is 13.2 Å². The Hall–Kier alpha value is -2.41. The molecule has 1 aromatic carbocycles. The lowest BCUT2D eigenvalue weighted by molar-refractivity contribution is 0.0767. The number of anilines is 1. The van der Waals surface area contributed by atoms with Crippen LogP contribution in [0.5, 0.6) is 0 Å². The molecule has 0 atom stereocenters. The molecule has 0 spiro atoms. The van der Waals surface area contributed by atoms with E-state index in [1.54, 1.807) is 28.4 Å². The van der Waals surface area contributed by atoms with E-state index in [2.05, 4.69) is 20.5 Å². The van der Waals surface area contributed by atoms with Crippen LogP contribution in [0.2, 0.25) is 0 Å². The smallest absolute Gasteiger partial charge is 0.253 e. The van der Waals surface area contributed by atoms with Crippen LogP contribution in [0.25, 0.3) is 0 Å². The SMILES string of the molecule is C#CCNS(=O)(=O)c1cccc(C(=O)N2CCCN(c3nc(C)cs3)CC2)c1. The van der Waals surface area contributed by atoms with E-state index in [1.807, 2.05) is 12.3 Å². The first-order valence-electron chi connectivity index (χ1n) is 8.90. The lowest BCUT2D eigenvalue weighted by Crippen LogP contribution is -2.35. The summed E-state index contributed by atoms with van der Waals surface area (Å²) in [4.78, 5) is 21.4. The zero-order valence-corrected chi connectivity index (χ0v) is 17.2. The second-order valence-corrected chi connectivity index (χ2v) is 9.06. The lowest BCUT2D eigenvalue weighted by atomic mass is 10.2. The van der Waals surface area contributed by atoms with Crippen LogP contribution >= 0.6 is 11.3 Å². The van der Waals surface area contributed by atoms with Gasteiger partial charge >= 0.3 is 0 Å². The maximum absolute atomic E-state index is 12.9. The van der Waals surface area contributed by atoms with Crippen LogP contribution in [-0.4, -0.2) is 56.9 Å². The molecule has 1 N–H and O–H groups in total. The first-order valence-corrected chi connectivity index (χ1v) is 11.3. The van der Waals surface area contributed by atoms with Crippen LogP contribution in [-0.2, 0) is 10.0 Å². The van der Waals surface area contributed by atoms with Gasteiger partial charge < -0.3 is 9.80 Å². The number of hydrogen-bond donors (Lipinski definition) is 1. The second kappa shape index (κ2) is 8.73. The number of carbonyl (C=O) groups excluding carboxylic acids is 1. The number of hydrogen-bond acceptors (Lipinski definition) is 6. The Kier molecular flexibility index (Phi) is 6.34. The standard InChI is InChI=1S/C19H22N4O3S2/c1-3-8-20-28(25,26)17-7-4-6-16(13-17)18(24)22-9-5-10-23(12-11-22)19-21-15(2)14-27-19/h1,4,6-7,13-14,20H,5,8-12H2,2H3. The third-order valence-corrected chi connectivity index (χ3v) is 6.83. The number of sulfonamides is 1. The molecule has 1 aliphatic rings. The first kappa shape index (κ1) is 20.3. The van der Waals surface area contributed by atoms with Crippen LogP contribution in [0.1, 0.15) is 22.5 Å². The highest BCUT2D eigenvalue weighted by Crippen LogP contribution is 2.22. The second-order valence-electron chi connectivity index (χ2n) is 6.46. The van der Waals surface area contributed by atoms with Crippen molar-refractivity contribution in [2.45, 2.75) is 18.2 Å². The van der Waals surface area contributed by atoms with Gasteiger partial charge in [-0.05, 0) is 31.5 Å². The van der Waals surface area contributed by atoms with Gasteiger partial charge in [0.25, 0.3) is 5.91 Å². The zero-order chi connectivity index (χ0) is 20.1. The molecule has 1 aliphatic heterocycles. The van der Waals surface area contributed by atoms with Crippen LogP contribution in [0.4, 0.5) is 5.13 Å². The van der Waals surface area contributed by atoms with Crippen LogP contribution in [0, 0.1) is 19.3 Å². The van der Waals surface area contributed by atoms with Gasteiger partial charge in [-0.15, -0.1) is 17.8 Å². The maximum Gasteiger partial charge on any atom is 0.253 e. The van der Waals surface area contributed by atoms with Gasteiger partial charge in [-0.1, -0.05) is 12.0 Å². The lowest BCUT2D eigenvalue weighted by Gasteiger charge is -2.22. The topological polar surface area (TPSA) is 82.6 Å². The quantitative estimate of drug-likeness (QED) is 0.748. The summed E-state index contributed by atoms with van der Waals surface area (Å²) in [6.07, 6.45) is 5.94. The van der Waals surface area contributed by atoms with E-state index in [0.717, 1.165) is 23.8 Å². The number of carbonyl (C=O) groups is 1. The number of amides is 1. The molecule has 0 saturated carbocycles. The molecule has 1 fully saturated rings. The first-order chi connectivity index (χ1) is 13.4. The number of aromatic nitrogens is 1. The zero-order valence-electron chi connectivity index (χ0n) is 15.6. The molecule has 2 heterocycles. The van der Waals surface area contributed by atoms with Crippen LogP contribution in [0.15, 0.2) is 34.5 Å². The third kappa shape index (κ3) is 4.70. The Morgan fingerprint density at radius 3 is 2.86 bits per heavy atom. The van der Waals surface area contributed by atoms with Crippen molar-refractivity contribution < 1.29 is 13.2 Å². The van der Waals surface area contributed by atoms with Crippen molar-refractivity contribution in [3.8, 4) is 12.3 Å². The van der Waals surface area contributed by atoms with E-state index in [1.165, 1.54) is 12.1 Å². The summed E-state index contributed by atoms with van der Waals surface area (Å²) >= 11 is 1.61. The number of aryl methyl sites for hydroxylation is 1. The molecule has 0 bridgehead atoms. The van der Waals surface area contributed by atoms with Crippen molar-refractivity contribution in [1.82, 2.24) is 14.6 Å². The molecular formula is C19H22N4O3S2. The van der Waals surface area contributed by atoms with Crippen molar-refractivity contribution in [2.75, 3.05) is 37.6 Å². The number of benzene rings is 1. The molecule has 148 valence electrons. The van der Waals surface area contributed by atoms with Gasteiger partial charge in [-0.2, -0.15) is 4.72 Å². The Morgan fingerprint density at radius 2 is 2.14 bits per heavy atom. The molecule has 2 aromatic rings. The number of nitrogens with one attached hydrogen (secondary N) is 1. The predicted molar refractivity (Wildman–Crippen MR) is 110 cm³/mol. The monoisotopic (exact) mass is 418 g/mol. The Balaban J connectivity index is 1.72. The Morgan fingerprint density at radius 1 is 1.32 bits per heavy atom. The van der Waals surface area contributed by atoms with Crippen molar-refractivity contribution in [3.63, 3.8) is 0 Å². The highest BCUT2D eigenvalue weighted by atomic mass is 32.2. The molecule has 7 nitrogen and oxygen atoms in total. The molecule has 28 heavy (non-hydrogen) atoms. The molecule has 0 radical (unpaired) electrons. The van der Waals surface area contributed by atoms with Crippen molar-refractivity contribution >= 4 is 32.4 Å². The molecule has 1 amide bonds. The molecule has 3 rings (SSSR count). The fourth-order valence-corrected chi connectivity index (χ4v) is 4.83. The van der Waals surface area contributed by atoms with E-state index >= 15 is 0 Å². The minimum Gasteiger partial charge on any atom is -0.346 e. The molecule has 0 unspecified atom stereocenters. The van der Waals surface area contributed by atoms with Crippen LogP contribution in [0.3, 0.4) is 0 Å². The Labute approximate surface area is 169 Å². The largest absolute Gasteiger partial charge is 0.346 e. The van der Waals surface area contributed by atoms with Crippen LogP contribution < -0.4 is 9.62 Å². The van der Waals surface area contributed by atoms with Gasteiger partial charge in [0, 0.05) is 37.1 Å². The molecular weight excluding hydrogens is 396 g/mol. The van der Waals surface area contributed by atoms with Gasteiger partial charge in [0.05, 0.1) is 17.1 Å². The maximum atomic E-state index is 12.9. The van der Waals surface area contributed by atoms with E-state index in [0.29, 0.717) is 25.2 Å². The number of nitrogens with zero attached hydrogens (tertiary/aromatic N) is 3. The normalized spacial score (nSPS) is 15.1. The van der Waals surface area contributed by atoms with Gasteiger partial charge in [0.15, 0.2) is 5.13 Å².